The molecule has 0 radical (unpaired) electrons. The quantitative estimate of drug-likeness (QED) is 0.201. The van der Waals surface area contributed by atoms with Crippen LogP contribution in [0.3, 0.4) is 0 Å². The standard InChI is InChI=1S/C29H26ClN5O6/c1-35-25(29(37)38-2)24(32)23-22(16-5-9-20(10-6-16)39-12-11-36)21(13-31)28(34-26(23)35)41-15-19-14-40-27(33-19)17-3-7-18(30)8-4-17/h3-10,14,29,36-37H,11-12,15,32H2,1-2H3. The van der Waals surface area contributed by atoms with Crippen LogP contribution in [0, 0.1) is 11.3 Å². The first-order valence-corrected chi connectivity index (χ1v) is 12.8. The Balaban J connectivity index is 1.59. The van der Waals surface area contributed by atoms with Crippen molar-refractivity contribution in [2.75, 3.05) is 26.1 Å². The van der Waals surface area contributed by atoms with Crippen molar-refractivity contribution in [3.63, 3.8) is 0 Å². The first kappa shape index (κ1) is 27.9. The lowest BCUT2D eigenvalue weighted by Crippen LogP contribution is -2.08. The number of nitrogens with two attached hydrogens (primary N) is 1. The molecule has 0 aliphatic carbocycles. The second-order valence-corrected chi connectivity index (χ2v) is 9.40. The van der Waals surface area contributed by atoms with Gasteiger partial charge in [0, 0.05) is 30.3 Å². The van der Waals surface area contributed by atoms with Crippen LogP contribution < -0.4 is 15.2 Å². The van der Waals surface area contributed by atoms with E-state index in [0.29, 0.717) is 44.5 Å². The van der Waals surface area contributed by atoms with Crippen LogP contribution in [0.4, 0.5) is 5.69 Å². The molecule has 0 aliphatic heterocycles. The Morgan fingerprint density at radius 3 is 2.46 bits per heavy atom. The van der Waals surface area contributed by atoms with Gasteiger partial charge in [-0.3, -0.25) is 0 Å². The summed E-state index contributed by atoms with van der Waals surface area (Å²) in [4.78, 5) is 9.10. The number of methoxy groups -OCH3 is 1. The minimum Gasteiger partial charge on any atom is -0.491 e. The average Bonchev–Trinajstić information content (AvgIpc) is 3.56. The third-order valence-corrected chi connectivity index (χ3v) is 6.69. The van der Waals surface area contributed by atoms with E-state index in [-0.39, 0.29) is 42.6 Å². The number of nitrogens with zero attached hydrogens (tertiary/aromatic N) is 4. The fourth-order valence-electron chi connectivity index (χ4n) is 4.50. The molecule has 0 aliphatic rings. The summed E-state index contributed by atoms with van der Waals surface area (Å²) in [6, 6.07) is 16.2. The van der Waals surface area contributed by atoms with Crippen LogP contribution >= 0.6 is 11.6 Å². The molecule has 4 N–H and O–H groups in total. The molecule has 2 aromatic carbocycles. The maximum absolute atomic E-state index is 10.5. The molecule has 1 unspecified atom stereocenters. The SMILES string of the molecule is COC(O)c1c(N)c2c(-c3ccc(OCCO)cc3)c(C#N)c(OCc3coc(-c4ccc(Cl)cc4)n3)nc2n1C. The molecule has 12 heteroatoms. The summed E-state index contributed by atoms with van der Waals surface area (Å²) in [7, 11) is 3.04. The van der Waals surface area contributed by atoms with E-state index in [2.05, 4.69) is 16.0 Å². The van der Waals surface area contributed by atoms with Crippen molar-refractivity contribution >= 4 is 28.3 Å². The van der Waals surface area contributed by atoms with Gasteiger partial charge in [-0.25, -0.2) is 4.98 Å². The average molecular weight is 576 g/mol. The van der Waals surface area contributed by atoms with Crippen molar-refractivity contribution in [3.8, 4) is 40.3 Å². The summed E-state index contributed by atoms with van der Waals surface area (Å²) in [5.74, 6) is 0.981. The number of hydrogen-bond acceptors (Lipinski definition) is 10. The summed E-state index contributed by atoms with van der Waals surface area (Å²) in [6.07, 6.45) is 0.140. The third kappa shape index (κ3) is 5.41. The number of nitriles is 1. The van der Waals surface area contributed by atoms with Crippen LogP contribution in [-0.2, 0) is 18.4 Å². The molecule has 0 saturated heterocycles. The molecule has 1 atom stereocenters. The fraction of sp³-hybridized carbons (Fsp3) is 0.207. The predicted molar refractivity (Wildman–Crippen MR) is 151 cm³/mol. The van der Waals surface area contributed by atoms with Crippen molar-refractivity contribution < 1.29 is 28.8 Å². The molecule has 0 saturated carbocycles. The molecule has 3 heterocycles. The van der Waals surface area contributed by atoms with E-state index in [1.54, 1.807) is 60.1 Å². The van der Waals surface area contributed by atoms with Crippen molar-refractivity contribution in [1.29, 1.82) is 5.26 Å². The van der Waals surface area contributed by atoms with Crippen LogP contribution in [0.15, 0.2) is 59.2 Å². The van der Waals surface area contributed by atoms with Gasteiger partial charge in [-0.2, -0.15) is 10.2 Å². The van der Waals surface area contributed by atoms with Gasteiger partial charge in [-0.1, -0.05) is 23.7 Å². The summed E-state index contributed by atoms with van der Waals surface area (Å²) in [5, 5.41) is 30.9. The number of nitrogen functional groups attached to an aromatic ring is 1. The minimum atomic E-state index is -1.33. The third-order valence-electron chi connectivity index (χ3n) is 6.44. The lowest BCUT2D eigenvalue weighted by Gasteiger charge is -2.13. The van der Waals surface area contributed by atoms with Gasteiger partial charge in [-0.15, -0.1) is 0 Å². The first-order valence-electron chi connectivity index (χ1n) is 12.5. The number of rotatable bonds is 10. The predicted octanol–water partition coefficient (Wildman–Crippen LogP) is 4.59. The van der Waals surface area contributed by atoms with Gasteiger partial charge >= 0.3 is 0 Å². The highest BCUT2D eigenvalue weighted by molar-refractivity contribution is 6.30. The summed E-state index contributed by atoms with van der Waals surface area (Å²) < 4.78 is 23.9. The maximum atomic E-state index is 10.5. The fourth-order valence-corrected chi connectivity index (χ4v) is 4.63. The van der Waals surface area contributed by atoms with Crippen molar-refractivity contribution in [3.05, 3.63) is 76.8 Å². The second kappa shape index (κ2) is 11.9. The largest absolute Gasteiger partial charge is 0.491 e. The number of aromatic nitrogens is 3. The van der Waals surface area contributed by atoms with E-state index in [4.69, 9.17) is 41.1 Å². The Hall–Kier alpha value is -4.60. The summed E-state index contributed by atoms with van der Waals surface area (Å²) in [6.45, 7) is -0.0129. The number of halogens is 1. The molecular formula is C29H26ClN5O6. The molecule has 0 amide bonds. The smallest absolute Gasteiger partial charge is 0.234 e. The number of aliphatic hydroxyl groups excluding tert-OH is 2. The molecule has 210 valence electrons. The zero-order chi connectivity index (χ0) is 29.1. The Labute approximate surface area is 239 Å². The number of fused-ring (bicyclic) bond motifs is 1. The highest BCUT2D eigenvalue weighted by Gasteiger charge is 2.27. The van der Waals surface area contributed by atoms with Crippen LogP contribution in [0.5, 0.6) is 11.6 Å². The van der Waals surface area contributed by atoms with E-state index in [0.717, 1.165) is 5.56 Å². The molecule has 41 heavy (non-hydrogen) atoms. The number of hydrogen-bond donors (Lipinski definition) is 3. The normalized spacial score (nSPS) is 11.9. The lowest BCUT2D eigenvalue weighted by molar-refractivity contribution is -0.0807. The number of aliphatic hydroxyl groups is 2. The number of pyridine rings is 1. The Kier molecular flexibility index (Phi) is 8.09. The molecule has 5 rings (SSSR count). The molecule has 3 aromatic heterocycles. The van der Waals surface area contributed by atoms with E-state index >= 15 is 0 Å². The highest BCUT2D eigenvalue weighted by Crippen LogP contribution is 2.43. The maximum Gasteiger partial charge on any atom is 0.234 e. The number of oxazole rings is 1. The monoisotopic (exact) mass is 575 g/mol. The highest BCUT2D eigenvalue weighted by atomic mass is 35.5. The van der Waals surface area contributed by atoms with Crippen molar-refractivity contribution in [2.45, 2.75) is 12.9 Å². The van der Waals surface area contributed by atoms with Crippen LogP contribution in [-0.4, -0.2) is 45.1 Å². The van der Waals surface area contributed by atoms with E-state index in [9.17, 15) is 10.4 Å². The van der Waals surface area contributed by atoms with Crippen LogP contribution in [0.25, 0.3) is 33.6 Å². The van der Waals surface area contributed by atoms with Gasteiger partial charge in [0.2, 0.25) is 11.8 Å². The zero-order valence-corrected chi connectivity index (χ0v) is 22.9. The molecule has 5 aromatic rings. The first-order chi connectivity index (χ1) is 19.9. The number of anilines is 1. The molecule has 0 fully saturated rings. The molecular weight excluding hydrogens is 550 g/mol. The number of ether oxygens (including phenoxy) is 3. The topological polar surface area (TPSA) is 162 Å². The summed E-state index contributed by atoms with van der Waals surface area (Å²) >= 11 is 5.97. The van der Waals surface area contributed by atoms with Crippen LogP contribution in [0.2, 0.25) is 5.02 Å². The Bertz CT molecular complexity index is 1720. The van der Waals surface area contributed by atoms with Crippen LogP contribution in [0.1, 0.15) is 23.2 Å². The van der Waals surface area contributed by atoms with Gasteiger partial charge in [0.05, 0.1) is 23.4 Å². The number of benzene rings is 2. The van der Waals surface area contributed by atoms with Gasteiger partial charge in [0.1, 0.15) is 48.2 Å². The van der Waals surface area contributed by atoms with E-state index in [1.165, 1.54) is 13.4 Å². The van der Waals surface area contributed by atoms with Crippen molar-refractivity contribution in [2.24, 2.45) is 7.05 Å². The summed E-state index contributed by atoms with van der Waals surface area (Å²) in [5.41, 5.74) is 9.86. The molecule has 0 bridgehead atoms. The van der Waals surface area contributed by atoms with Gasteiger partial charge in [0.15, 0.2) is 6.29 Å². The van der Waals surface area contributed by atoms with Crippen molar-refractivity contribution in [1.82, 2.24) is 14.5 Å². The number of aryl methyl sites for hydroxylation is 1. The minimum absolute atomic E-state index is 0.0366. The zero-order valence-electron chi connectivity index (χ0n) is 22.2. The molecule has 0 spiro atoms. The second-order valence-electron chi connectivity index (χ2n) is 8.96. The van der Waals surface area contributed by atoms with Gasteiger partial charge < -0.3 is 39.1 Å². The lowest BCUT2D eigenvalue weighted by atomic mass is 9.97. The van der Waals surface area contributed by atoms with Gasteiger partial charge in [-0.05, 0) is 42.0 Å². The Morgan fingerprint density at radius 2 is 1.80 bits per heavy atom. The van der Waals surface area contributed by atoms with E-state index < -0.39 is 6.29 Å². The Morgan fingerprint density at radius 1 is 1.10 bits per heavy atom. The molecule has 11 nitrogen and oxygen atoms in total. The van der Waals surface area contributed by atoms with Gasteiger partial charge in [0.25, 0.3) is 0 Å². The van der Waals surface area contributed by atoms with E-state index in [1.807, 2.05) is 0 Å².